The van der Waals surface area contributed by atoms with Gasteiger partial charge in [0.05, 0.1) is 5.92 Å². The maximum atomic E-state index is 12.6. The first kappa shape index (κ1) is 14.8. The van der Waals surface area contributed by atoms with Crippen molar-refractivity contribution in [1.82, 2.24) is 10.6 Å². The van der Waals surface area contributed by atoms with Crippen LogP contribution in [0.2, 0.25) is 0 Å². The first-order chi connectivity index (χ1) is 11.2. The highest BCUT2D eigenvalue weighted by Crippen LogP contribution is 2.36. The zero-order chi connectivity index (χ0) is 15.8. The van der Waals surface area contributed by atoms with Gasteiger partial charge in [-0.1, -0.05) is 13.0 Å². The average Bonchev–Trinajstić information content (AvgIpc) is 3.29. The molecule has 1 unspecified atom stereocenters. The number of carbonyl (C=O) groups is 1. The molecule has 0 spiro atoms. The molecule has 1 saturated heterocycles. The zero-order valence-electron chi connectivity index (χ0n) is 13.5. The second kappa shape index (κ2) is 6.04. The van der Waals surface area contributed by atoms with E-state index >= 15 is 0 Å². The van der Waals surface area contributed by atoms with Crippen molar-refractivity contribution in [3.63, 3.8) is 0 Å². The Labute approximate surface area is 136 Å². The standard InChI is InChI=1S/C18H24N2O3/c1-2-14(11-4-6-16-17(8-11)23-10-22-16)18(21)19-9-15-12-3-5-13(7-12)20-15/h4,6,8,12-15,20H,2-3,5,7,9-10H2,1H3,(H,19,21)/t12-,13+,14?,15+/m0/s1. The molecule has 124 valence electrons. The fourth-order valence-electron chi connectivity index (χ4n) is 4.23. The van der Waals surface area contributed by atoms with Crippen molar-refractivity contribution in [2.75, 3.05) is 13.3 Å². The van der Waals surface area contributed by atoms with E-state index in [2.05, 4.69) is 10.6 Å². The summed E-state index contributed by atoms with van der Waals surface area (Å²) < 4.78 is 10.8. The summed E-state index contributed by atoms with van der Waals surface area (Å²) in [7, 11) is 0. The monoisotopic (exact) mass is 316 g/mol. The molecule has 1 aliphatic carbocycles. The predicted molar refractivity (Wildman–Crippen MR) is 86.7 cm³/mol. The molecule has 0 aromatic heterocycles. The van der Waals surface area contributed by atoms with Crippen molar-refractivity contribution in [3.8, 4) is 11.5 Å². The first-order valence-corrected chi connectivity index (χ1v) is 8.68. The number of ether oxygens (including phenoxy) is 2. The summed E-state index contributed by atoms with van der Waals surface area (Å²) in [4.78, 5) is 12.6. The Kier molecular flexibility index (Phi) is 3.89. The molecule has 4 atom stereocenters. The van der Waals surface area contributed by atoms with E-state index in [1.165, 1.54) is 19.3 Å². The quantitative estimate of drug-likeness (QED) is 0.874. The van der Waals surface area contributed by atoms with Gasteiger partial charge in [-0.25, -0.2) is 0 Å². The Morgan fingerprint density at radius 1 is 1.35 bits per heavy atom. The van der Waals surface area contributed by atoms with Crippen LogP contribution in [-0.4, -0.2) is 31.3 Å². The van der Waals surface area contributed by atoms with E-state index in [-0.39, 0.29) is 18.6 Å². The highest BCUT2D eigenvalue weighted by atomic mass is 16.7. The summed E-state index contributed by atoms with van der Waals surface area (Å²) in [5.41, 5.74) is 0.996. The number of benzene rings is 1. The minimum atomic E-state index is -0.136. The van der Waals surface area contributed by atoms with Crippen LogP contribution in [0.25, 0.3) is 0 Å². The maximum Gasteiger partial charge on any atom is 0.231 e. The Bertz CT molecular complexity index is 604. The second-order valence-corrected chi connectivity index (χ2v) is 6.86. The fourth-order valence-corrected chi connectivity index (χ4v) is 4.23. The molecule has 1 aromatic rings. The minimum Gasteiger partial charge on any atom is -0.454 e. The molecule has 1 aromatic carbocycles. The van der Waals surface area contributed by atoms with E-state index in [1.807, 2.05) is 25.1 Å². The highest BCUT2D eigenvalue weighted by molar-refractivity contribution is 5.83. The van der Waals surface area contributed by atoms with E-state index < -0.39 is 0 Å². The molecule has 2 fully saturated rings. The van der Waals surface area contributed by atoms with E-state index in [0.717, 1.165) is 35.9 Å². The summed E-state index contributed by atoms with van der Waals surface area (Å²) in [5, 5.41) is 6.78. The minimum absolute atomic E-state index is 0.107. The molecule has 1 saturated carbocycles. The van der Waals surface area contributed by atoms with Crippen LogP contribution >= 0.6 is 0 Å². The van der Waals surface area contributed by atoms with Gasteiger partial charge in [0.15, 0.2) is 11.5 Å². The van der Waals surface area contributed by atoms with Crippen molar-refractivity contribution >= 4 is 5.91 Å². The summed E-state index contributed by atoms with van der Waals surface area (Å²) in [6.45, 7) is 3.04. The molecule has 1 amide bonds. The van der Waals surface area contributed by atoms with Crippen LogP contribution in [0.4, 0.5) is 0 Å². The lowest BCUT2D eigenvalue weighted by molar-refractivity contribution is -0.122. The molecule has 2 heterocycles. The molecule has 5 nitrogen and oxygen atoms in total. The zero-order valence-corrected chi connectivity index (χ0v) is 13.5. The normalized spacial score (nSPS) is 28.8. The fraction of sp³-hybridized carbons (Fsp3) is 0.611. The van der Waals surface area contributed by atoms with Crippen LogP contribution in [0.1, 0.15) is 44.1 Å². The number of amides is 1. The van der Waals surface area contributed by atoms with Gasteiger partial charge in [0, 0.05) is 18.6 Å². The van der Waals surface area contributed by atoms with Gasteiger partial charge in [0.1, 0.15) is 0 Å². The Morgan fingerprint density at radius 3 is 2.96 bits per heavy atom. The van der Waals surface area contributed by atoms with Crippen molar-refractivity contribution in [1.29, 1.82) is 0 Å². The molecule has 0 radical (unpaired) electrons. The number of hydrogen-bond donors (Lipinski definition) is 2. The lowest BCUT2D eigenvalue weighted by Crippen LogP contribution is -2.45. The van der Waals surface area contributed by atoms with Gasteiger partial charge < -0.3 is 20.1 Å². The number of rotatable bonds is 5. The van der Waals surface area contributed by atoms with Gasteiger partial charge in [0.25, 0.3) is 0 Å². The largest absolute Gasteiger partial charge is 0.454 e. The Balaban J connectivity index is 1.39. The molecule has 23 heavy (non-hydrogen) atoms. The van der Waals surface area contributed by atoms with Crippen LogP contribution < -0.4 is 20.1 Å². The van der Waals surface area contributed by atoms with Crippen LogP contribution in [-0.2, 0) is 4.79 Å². The third kappa shape index (κ3) is 2.78. The molecule has 4 rings (SSSR count). The summed E-state index contributed by atoms with van der Waals surface area (Å²) in [6, 6.07) is 6.93. The van der Waals surface area contributed by atoms with Gasteiger partial charge in [-0.2, -0.15) is 0 Å². The molecule has 2 bridgehead atoms. The van der Waals surface area contributed by atoms with Gasteiger partial charge in [0.2, 0.25) is 12.7 Å². The molecular formula is C18H24N2O3. The molecular weight excluding hydrogens is 292 g/mol. The smallest absolute Gasteiger partial charge is 0.231 e. The summed E-state index contributed by atoms with van der Waals surface area (Å²) >= 11 is 0. The lowest BCUT2D eigenvalue weighted by Gasteiger charge is -2.24. The maximum absolute atomic E-state index is 12.6. The number of piperidine rings is 1. The Hall–Kier alpha value is -1.75. The van der Waals surface area contributed by atoms with E-state index in [9.17, 15) is 4.79 Å². The van der Waals surface area contributed by atoms with Gasteiger partial charge in [-0.05, 0) is 49.3 Å². The van der Waals surface area contributed by atoms with Gasteiger partial charge >= 0.3 is 0 Å². The van der Waals surface area contributed by atoms with Gasteiger partial charge in [-0.3, -0.25) is 4.79 Å². The SMILES string of the molecule is CCC(C(=O)NC[C@H]1N[C@@H]2CC[C@H]1C2)c1ccc2c(c1)OCO2. The van der Waals surface area contributed by atoms with Crippen molar-refractivity contribution in [2.45, 2.75) is 50.6 Å². The van der Waals surface area contributed by atoms with Crippen LogP contribution in [0.3, 0.4) is 0 Å². The number of fused-ring (bicyclic) bond motifs is 3. The van der Waals surface area contributed by atoms with Crippen LogP contribution in [0.15, 0.2) is 18.2 Å². The molecule has 5 heteroatoms. The van der Waals surface area contributed by atoms with Crippen molar-refractivity contribution in [2.24, 2.45) is 5.92 Å². The van der Waals surface area contributed by atoms with Crippen LogP contribution in [0, 0.1) is 5.92 Å². The molecule has 2 N–H and O–H groups in total. The predicted octanol–water partition coefficient (Wildman–Crippen LogP) is 2.17. The first-order valence-electron chi connectivity index (χ1n) is 8.68. The van der Waals surface area contributed by atoms with E-state index in [0.29, 0.717) is 12.1 Å². The Morgan fingerprint density at radius 2 is 2.22 bits per heavy atom. The average molecular weight is 316 g/mol. The van der Waals surface area contributed by atoms with E-state index in [4.69, 9.17) is 9.47 Å². The van der Waals surface area contributed by atoms with Crippen molar-refractivity contribution < 1.29 is 14.3 Å². The third-order valence-electron chi connectivity index (χ3n) is 5.51. The lowest BCUT2D eigenvalue weighted by atomic mass is 9.94. The summed E-state index contributed by atoms with van der Waals surface area (Å²) in [6.07, 6.45) is 4.65. The van der Waals surface area contributed by atoms with Crippen molar-refractivity contribution in [3.05, 3.63) is 23.8 Å². The van der Waals surface area contributed by atoms with Gasteiger partial charge in [-0.15, -0.1) is 0 Å². The second-order valence-electron chi connectivity index (χ2n) is 6.86. The summed E-state index contributed by atoms with van der Waals surface area (Å²) in [5.74, 6) is 2.21. The number of hydrogen-bond acceptors (Lipinski definition) is 4. The molecule has 3 aliphatic rings. The topological polar surface area (TPSA) is 59.6 Å². The van der Waals surface area contributed by atoms with Crippen LogP contribution in [0.5, 0.6) is 11.5 Å². The molecule has 2 aliphatic heterocycles. The van der Waals surface area contributed by atoms with E-state index in [1.54, 1.807) is 0 Å². The number of carbonyl (C=O) groups excluding carboxylic acids is 1. The highest BCUT2D eigenvalue weighted by Gasteiger charge is 2.39. The third-order valence-corrected chi connectivity index (χ3v) is 5.51. The number of nitrogens with one attached hydrogen (secondary N) is 2.